The van der Waals surface area contributed by atoms with Gasteiger partial charge in [0.2, 0.25) is 0 Å². The summed E-state index contributed by atoms with van der Waals surface area (Å²) in [5, 5.41) is 4.70. The summed E-state index contributed by atoms with van der Waals surface area (Å²) in [4.78, 5) is 19.2. The molecule has 1 aliphatic carbocycles. The number of fused-ring (bicyclic) bond motifs is 10. The summed E-state index contributed by atoms with van der Waals surface area (Å²) in [7, 11) is 0. The first kappa shape index (κ1) is 20.0. The van der Waals surface area contributed by atoms with E-state index in [-0.39, 0.29) is 23.3 Å². The molecule has 1 amide bonds. The van der Waals surface area contributed by atoms with Crippen LogP contribution in [0.5, 0.6) is 11.5 Å². The van der Waals surface area contributed by atoms with Crippen LogP contribution in [0.3, 0.4) is 0 Å². The van der Waals surface area contributed by atoms with E-state index in [1.807, 2.05) is 32.0 Å². The molecule has 2 N–H and O–H groups in total. The molecule has 4 aromatic rings. The standard InChI is InChI=1S/C28H25F2N5O3/c1-13-16(11-21-25(32-13)28(2,31)12-37-21)14-7-8-35-18(9-14)23-17-10-19(24(23)33-35)34(3)26(36)15-5-4-6-20(22(15)17)38-27(29)30/h4-9,11,17,19,27H,10,12,31H2,1-3H3/t17-,19-,28-/m1/s1/i3D3. The van der Waals surface area contributed by atoms with Crippen molar-refractivity contribution in [1.82, 2.24) is 19.5 Å². The Bertz CT molecular complexity index is 1770. The lowest BCUT2D eigenvalue weighted by molar-refractivity contribution is -0.0505. The van der Waals surface area contributed by atoms with Crippen molar-refractivity contribution in [2.45, 2.75) is 44.4 Å². The first-order valence-electron chi connectivity index (χ1n) is 13.7. The lowest BCUT2D eigenvalue weighted by atomic mass is 9.88. The average molecular weight is 521 g/mol. The highest BCUT2D eigenvalue weighted by Gasteiger charge is 2.46. The molecule has 3 aliphatic rings. The summed E-state index contributed by atoms with van der Waals surface area (Å²) in [6.07, 6.45) is 1.92. The van der Waals surface area contributed by atoms with Crippen LogP contribution in [-0.2, 0) is 5.54 Å². The molecular weight excluding hydrogens is 492 g/mol. The lowest BCUT2D eigenvalue weighted by Gasteiger charge is -2.23. The number of pyridine rings is 2. The van der Waals surface area contributed by atoms with Gasteiger partial charge < -0.3 is 20.1 Å². The van der Waals surface area contributed by atoms with Crippen molar-refractivity contribution in [2.75, 3.05) is 13.6 Å². The third-order valence-corrected chi connectivity index (χ3v) is 7.77. The van der Waals surface area contributed by atoms with Gasteiger partial charge in [-0.15, -0.1) is 0 Å². The Labute approximate surface area is 221 Å². The van der Waals surface area contributed by atoms with Crippen molar-refractivity contribution in [3.8, 4) is 22.6 Å². The molecule has 0 unspecified atom stereocenters. The quantitative estimate of drug-likeness (QED) is 0.426. The molecule has 7 rings (SSSR count). The number of nitrogens with two attached hydrogens (primary N) is 1. The lowest BCUT2D eigenvalue weighted by Crippen LogP contribution is -2.35. The maximum Gasteiger partial charge on any atom is 0.387 e. The van der Waals surface area contributed by atoms with Crippen molar-refractivity contribution in [1.29, 1.82) is 0 Å². The number of amides is 1. The number of carbonyl (C=O) groups excluding carboxylic acids is 1. The Morgan fingerprint density at radius 2 is 2.11 bits per heavy atom. The van der Waals surface area contributed by atoms with Gasteiger partial charge in [0.25, 0.3) is 5.91 Å². The molecule has 2 aliphatic heterocycles. The summed E-state index contributed by atoms with van der Waals surface area (Å²) >= 11 is 0. The average Bonchev–Trinajstić information content (AvgIpc) is 3.49. The van der Waals surface area contributed by atoms with Crippen molar-refractivity contribution >= 4 is 11.4 Å². The maximum atomic E-state index is 13.6. The van der Waals surface area contributed by atoms with Crippen LogP contribution in [0, 0.1) is 6.92 Å². The van der Waals surface area contributed by atoms with Gasteiger partial charge in [0.15, 0.2) is 0 Å². The predicted molar refractivity (Wildman–Crippen MR) is 135 cm³/mol. The molecule has 0 radical (unpaired) electrons. The van der Waals surface area contributed by atoms with Gasteiger partial charge in [0.1, 0.15) is 23.8 Å². The zero-order valence-corrected chi connectivity index (χ0v) is 20.5. The fraction of sp³-hybridized carbons (Fsp3) is 0.321. The number of nitrogens with zero attached hydrogens (tertiary/aromatic N) is 4. The van der Waals surface area contributed by atoms with Gasteiger partial charge in [0, 0.05) is 51.2 Å². The Morgan fingerprint density at radius 3 is 2.89 bits per heavy atom. The zero-order chi connectivity index (χ0) is 29.0. The summed E-state index contributed by atoms with van der Waals surface area (Å²) in [5.41, 5.74) is 10.7. The minimum Gasteiger partial charge on any atom is -0.489 e. The number of hydrogen-bond donors (Lipinski definition) is 1. The van der Waals surface area contributed by atoms with E-state index in [9.17, 15) is 13.6 Å². The molecule has 10 heteroatoms. The van der Waals surface area contributed by atoms with Crippen molar-refractivity contribution < 1.29 is 27.2 Å². The van der Waals surface area contributed by atoms with Gasteiger partial charge in [-0.05, 0) is 56.2 Å². The Kier molecular flexibility index (Phi) is 4.07. The molecule has 8 nitrogen and oxygen atoms in total. The molecule has 0 saturated carbocycles. The highest BCUT2D eigenvalue weighted by molar-refractivity contribution is 5.98. The second-order valence-electron chi connectivity index (χ2n) is 10.3. The smallest absolute Gasteiger partial charge is 0.387 e. The number of aromatic nitrogens is 3. The number of benzene rings is 1. The van der Waals surface area contributed by atoms with Gasteiger partial charge in [0.05, 0.1) is 22.8 Å². The fourth-order valence-electron chi connectivity index (χ4n) is 6.05. The number of halogens is 2. The third kappa shape index (κ3) is 3.13. The highest BCUT2D eigenvalue weighted by Crippen LogP contribution is 2.53. The van der Waals surface area contributed by atoms with E-state index < -0.39 is 37.0 Å². The van der Waals surface area contributed by atoms with Gasteiger partial charge >= 0.3 is 6.61 Å². The molecule has 194 valence electrons. The third-order valence-electron chi connectivity index (χ3n) is 7.77. The Hall–Kier alpha value is -4.05. The van der Waals surface area contributed by atoms with Crippen LogP contribution in [0.2, 0.25) is 0 Å². The summed E-state index contributed by atoms with van der Waals surface area (Å²) in [6.45, 7) is -1.85. The van der Waals surface area contributed by atoms with Crippen molar-refractivity contribution in [3.05, 3.63) is 76.4 Å². The van der Waals surface area contributed by atoms with Crippen LogP contribution >= 0.6 is 0 Å². The summed E-state index contributed by atoms with van der Waals surface area (Å²) < 4.78 is 63.7. The number of rotatable bonds is 3. The SMILES string of the molecule is [2H]C([2H])([2H])N1C(=O)c2cccc(OC(F)F)c2[C@H]2C[C@@H]1c1nn3ccc(-c4cc5c(nc4C)[C@](C)(N)CO5)cc3c12. The van der Waals surface area contributed by atoms with Crippen LogP contribution in [0.25, 0.3) is 16.6 Å². The van der Waals surface area contributed by atoms with E-state index in [0.717, 1.165) is 21.7 Å². The number of aryl methyl sites for hydroxylation is 1. The van der Waals surface area contributed by atoms with E-state index in [1.165, 1.54) is 18.2 Å². The molecular formula is C28H25F2N5O3. The molecule has 1 aromatic carbocycles. The maximum absolute atomic E-state index is 13.6. The first-order valence-corrected chi connectivity index (χ1v) is 12.2. The Morgan fingerprint density at radius 1 is 1.26 bits per heavy atom. The van der Waals surface area contributed by atoms with E-state index in [2.05, 4.69) is 0 Å². The van der Waals surface area contributed by atoms with Gasteiger partial charge in [-0.2, -0.15) is 13.9 Å². The number of ether oxygens (including phenoxy) is 2. The summed E-state index contributed by atoms with van der Waals surface area (Å²) in [5.74, 6) is -0.936. The van der Waals surface area contributed by atoms with Crippen molar-refractivity contribution in [3.63, 3.8) is 0 Å². The minimum atomic E-state index is -3.13. The van der Waals surface area contributed by atoms with Gasteiger partial charge in [-0.3, -0.25) is 9.78 Å². The second-order valence-corrected chi connectivity index (χ2v) is 10.3. The highest BCUT2D eigenvalue weighted by atomic mass is 19.3. The zero-order valence-electron chi connectivity index (χ0n) is 23.5. The van der Waals surface area contributed by atoms with E-state index in [0.29, 0.717) is 34.8 Å². The van der Waals surface area contributed by atoms with Crippen LogP contribution < -0.4 is 15.2 Å². The van der Waals surface area contributed by atoms with Crippen LogP contribution in [0.15, 0.2) is 42.6 Å². The number of alkyl halides is 2. The number of hydrogen-bond acceptors (Lipinski definition) is 6. The molecule has 0 saturated heterocycles. The molecule has 3 aromatic heterocycles. The predicted octanol–water partition coefficient (Wildman–Crippen LogP) is 4.53. The number of carbonyl (C=O) groups is 1. The second kappa shape index (κ2) is 7.73. The molecule has 5 heterocycles. The largest absolute Gasteiger partial charge is 0.489 e. The van der Waals surface area contributed by atoms with Gasteiger partial charge in [-0.1, -0.05) is 6.07 Å². The topological polar surface area (TPSA) is 95.0 Å². The molecule has 2 bridgehead atoms. The molecule has 3 atom stereocenters. The molecule has 0 spiro atoms. The monoisotopic (exact) mass is 520 g/mol. The fourth-order valence-corrected chi connectivity index (χ4v) is 6.05. The Balaban J connectivity index is 1.45. The van der Waals surface area contributed by atoms with Crippen LogP contribution in [0.1, 0.15) is 68.0 Å². The molecule has 38 heavy (non-hydrogen) atoms. The van der Waals surface area contributed by atoms with Crippen molar-refractivity contribution in [2.24, 2.45) is 5.73 Å². The molecule has 0 fully saturated rings. The van der Waals surface area contributed by atoms with E-state index in [1.54, 1.807) is 10.7 Å². The first-order chi connectivity index (χ1) is 19.3. The van der Waals surface area contributed by atoms with Crippen LogP contribution in [-0.4, -0.2) is 45.6 Å². The normalized spacial score (nSPS) is 24.8. The minimum absolute atomic E-state index is 0.0218. The van der Waals surface area contributed by atoms with E-state index >= 15 is 0 Å². The summed E-state index contributed by atoms with van der Waals surface area (Å²) in [6, 6.07) is 9.03. The van der Waals surface area contributed by atoms with Gasteiger partial charge in [-0.25, -0.2) is 4.52 Å². The van der Waals surface area contributed by atoms with Crippen LogP contribution in [0.4, 0.5) is 8.78 Å². The van der Waals surface area contributed by atoms with E-state index in [4.69, 9.17) is 29.4 Å².